The van der Waals surface area contributed by atoms with Gasteiger partial charge in [-0.2, -0.15) is 0 Å². The first kappa shape index (κ1) is 32.1. The highest BCUT2D eigenvalue weighted by atomic mass is 16.4. The largest absolute Gasteiger partial charge is 0.478 e. The van der Waals surface area contributed by atoms with E-state index in [-0.39, 0.29) is 21.7 Å². The Hall–Kier alpha value is -3.14. The topological polar surface area (TPSA) is 74.6 Å². The van der Waals surface area contributed by atoms with Crippen LogP contribution >= 0.6 is 0 Å². The average molecular weight is 533 g/mol. The van der Waals surface area contributed by atoms with Gasteiger partial charge in [0.1, 0.15) is 0 Å². The lowest BCUT2D eigenvalue weighted by Gasteiger charge is -2.31. The second-order valence-electron chi connectivity index (χ2n) is 14.7. The third-order valence-electron chi connectivity index (χ3n) is 7.05. The molecule has 0 aliphatic heterocycles. The van der Waals surface area contributed by atoms with Crippen LogP contribution in [-0.4, -0.2) is 22.2 Å². The lowest BCUT2D eigenvalue weighted by atomic mass is 9.74. The summed E-state index contributed by atoms with van der Waals surface area (Å²) in [5.41, 5.74) is 7.76. The summed E-state index contributed by atoms with van der Waals surface area (Å²) in [6.07, 6.45) is 6.40. The fourth-order valence-corrected chi connectivity index (χ4v) is 4.73. The van der Waals surface area contributed by atoms with Crippen LogP contribution in [0.1, 0.15) is 128 Å². The quantitative estimate of drug-likeness (QED) is 0.365. The van der Waals surface area contributed by atoms with Crippen molar-refractivity contribution < 1.29 is 19.8 Å². The molecule has 0 saturated heterocycles. The average Bonchev–Trinajstić information content (AvgIpc) is 2.73. The Kier molecular flexibility index (Phi) is 9.17. The van der Waals surface area contributed by atoms with Crippen molar-refractivity contribution in [2.75, 3.05) is 0 Å². The van der Waals surface area contributed by atoms with Gasteiger partial charge in [-0.25, -0.2) is 9.59 Å². The van der Waals surface area contributed by atoms with Gasteiger partial charge >= 0.3 is 11.9 Å². The third-order valence-corrected chi connectivity index (χ3v) is 7.05. The first-order chi connectivity index (χ1) is 17.5. The molecule has 4 heteroatoms. The van der Waals surface area contributed by atoms with Gasteiger partial charge in [-0.3, -0.25) is 0 Å². The van der Waals surface area contributed by atoms with E-state index in [1.165, 1.54) is 23.3 Å². The number of carbonyl (C=O) groups is 2. The Bertz CT molecular complexity index is 1190. The van der Waals surface area contributed by atoms with Crippen molar-refractivity contribution in [3.63, 3.8) is 0 Å². The van der Waals surface area contributed by atoms with Crippen LogP contribution in [0.2, 0.25) is 0 Å². The highest BCUT2D eigenvalue weighted by Gasteiger charge is 2.27. The van der Waals surface area contributed by atoms with E-state index in [9.17, 15) is 19.8 Å². The van der Waals surface area contributed by atoms with Crippen molar-refractivity contribution in [3.8, 4) is 0 Å². The number of carboxylic acids is 2. The second kappa shape index (κ2) is 11.2. The van der Waals surface area contributed by atoms with Crippen molar-refractivity contribution in [2.24, 2.45) is 0 Å². The number of rotatable bonds is 6. The fraction of sp³-hybridized carbons (Fsp3) is 0.486. The predicted octanol–water partition coefficient (Wildman–Crippen LogP) is 8.66. The molecular weight excluding hydrogens is 484 g/mol. The van der Waals surface area contributed by atoms with Crippen molar-refractivity contribution in [1.82, 2.24) is 0 Å². The fourth-order valence-electron chi connectivity index (χ4n) is 4.73. The van der Waals surface area contributed by atoms with Crippen molar-refractivity contribution in [1.29, 1.82) is 0 Å². The van der Waals surface area contributed by atoms with Crippen LogP contribution in [0, 0.1) is 0 Å². The number of carboxylic acid groups (broad SMARTS) is 2. The molecule has 0 spiro atoms. The highest BCUT2D eigenvalue weighted by Crippen LogP contribution is 2.39. The van der Waals surface area contributed by atoms with Crippen LogP contribution in [0.25, 0.3) is 12.2 Å². The molecule has 0 aromatic heterocycles. The minimum Gasteiger partial charge on any atom is -0.478 e. The Morgan fingerprint density at radius 1 is 0.564 bits per heavy atom. The standard InChI is InChI=1S/C35H48O4/c1-32(2,3)24-18-22(26(13-15-30(36)37)28(20-24)34(7,8)9)17-23-19-25(33(4,5)6)21-29(35(10,11)12)27(23)14-16-31(38)39/h13-16,18-21H,17H2,1-12H3,(H,36,37)(H,38,39). The first-order valence-corrected chi connectivity index (χ1v) is 13.7. The van der Waals surface area contributed by atoms with E-state index in [0.29, 0.717) is 6.42 Å². The van der Waals surface area contributed by atoms with Crippen LogP contribution in [0.15, 0.2) is 36.4 Å². The first-order valence-electron chi connectivity index (χ1n) is 13.7. The maximum Gasteiger partial charge on any atom is 0.328 e. The molecule has 2 N–H and O–H groups in total. The molecule has 0 saturated carbocycles. The van der Waals surface area contributed by atoms with Crippen molar-refractivity contribution in [3.05, 3.63) is 80.9 Å². The van der Waals surface area contributed by atoms with E-state index in [2.05, 4.69) is 107 Å². The van der Waals surface area contributed by atoms with Gasteiger partial charge in [-0.05, 0) is 84.7 Å². The van der Waals surface area contributed by atoms with Gasteiger partial charge in [0.2, 0.25) is 0 Å². The van der Waals surface area contributed by atoms with E-state index in [1.54, 1.807) is 12.2 Å². The Labute approximate surface area is 235 Å². The summed E-state index contributed by atoms with van der Waals surface area (Å²) in [6.45, 7) is 26.0. The summed E-state index contributed by atoms with van der Waals surface area (Å²) in [5.74, 6) is -1.98. The van der Waals surface area contributed by atoms with E-state index in [1.807, 2.05) is 0 Å². The SMILES string of the molecule is CC(C)(C)c1cc(Cc2cc(C(C)(C)C)cc(C(C)(C)C)c2C=CC(=O)O)c(C=CC(=O)O)c(C(C)(C)C)c1. The minimum atomic E-state index is -0.990. The van der Waals surface area contributed by atoms with E-state index >= 15 is 0 Å². The molecule has 2 aromatic rings. The van der Waals surface area contributed by atoms with Gasteiger partial charge in [-0.15, -0.1) is 0 Å². The molecule has 212 valence electrons. The van der Waals surface area contributed by atoms with Gasteiger partial charge in [-0.1, -0.05) is 107 Å². The van der Waals surface area contributed by atoms with E-state index in [0.717, 1.165) is 33.4 Å². The van der Waals surface area contributed by atoms with E-state index < -0.39 is 11.9 Å². The van der Waals surface area contributed by atoms with Crippen molar-refractivity contribution >= 4 is 24.1 Å². The molecule has 0 atom stereocenters. The van der Waals surface area contributed by atoms with Gasteiger partial charge < -0.3 is 10.2 Å². The zero-order valence-electron chi connectivity index (χ0n) is 26.0. The van der Waals surface area contributed by atoms with Crippen LogP contribution in [0.3, 0.4) is 0 Å². The molecule has 0 radical (unpaired) electrons. The van der Waals surface area contributed by atoms with Crippen LogP contribution < -0.4 is 0 Å². The third kappa shape index (κ3) is 8.42. The molecule has 0 fully saturated rings. The monoisotopic (exact) mass is 532 g/mol. The van der Waals surface area contributed by atoms with Gasteiger partial charge in [0.25, 0.3) is 0 Å². The molecule has 0 amide bonds. The smallest absolute Gasteiger partial charge is 0.328 e. The Balaban J connectivity index is 3.08. The molecule has 0 aliphatic carbocycles. The van der Waals surface area contributed by atoms with Crippen LogP contribution in [0.5, 0.6) is 0 Å². The Morgan fingerprint density at radius 3 is 1.10 bits per heavy atom. The molecular formula is C35H48O4. The number of hydrogen-bond acceptors (Lipinski definition) is 2. The molecule has 0 unspecified atom stereocenters. The lowest BCUT2D eigenvalue weighted by molar-refractivity contribution is -0.132. The number of hydrogen-bond donors (Lipinski definition) is 2. The molecule has 0 heterocycles. The molecule has 2 aromatic carbocycles. The molecule has 0 aliphatic rings. The van der Waals surface area contributed by atoms with Crippen LogP contribution in [-0.2, 0) is 37.7 Å². The van der Waals surface area contributed by atoms with Crippen molar-refractivity contribution in [2.45, 2.75) is 111 Å². The molecule has 2 rings (SSSR count). The highest BCUT2D eigenvalue weighted by molar-refractivity contribution is 5.87. The predicted molar refractivity (Wildman–Crippen MR) is 164 cm³/mol. The summed E-state index contributed by atoms with van der Waals surface area (Å²) >= 11 is 0. The molecule has 4 nitrogen and oxygen atoms in total. The number of benzene rings is 2. The van der Waals surface area contributed by atoms with Gasteiger partial charge in [0, 0.05) is 12.2 Å². The number of aliphatic carboxylic acids is 2. The summed E-state index contributed by atoms with van der Waals surface area (Å²) in [6, 6.07) is 8.81. The summed E-state index contributed by atoms with van der Waals surface area (Å²) in [5, 5.41) is 19.0. The summed E-state index contributed by atoms with van der Waals surface area (Å²) < 4.78 is 0. The Morgan fingerprint density at radius 2 is 0.872 bits per heavy atom. The maximum atomic E-state index is 11.6. The summed E-state index contributed by atoms with van der Waals surface area (Å²) in [7, 11) is 0. The van der Waals surface area contributed by atoms with Crippen LogP contribution in [0.4, 0.5) is 0 Å². The second-order valence-corrected chi connectivity index (χ2v) is 14.7. The maximum absolute atomic E-state index is 11.6. The van der Waals surface area contributed by atoms with Gasteiger partial charge in [0.15, 0.2) is 0 Å². The lowest BCUT2D eigenvalue weighted by Crippen LogP contribution is -2.21. The normalized spacial score (nSPS) is 13.4. The molecule has 39 heavy (non-hydrogen) atoms. The molecule has 0 bridgehead atoms. The minimum absolute atomic E-state index is 0.111. The summed E-state index contributed by atoms with van der Waals surface area (Å²) in [4.78, 5) is 23.2. The van der Waals surface area contributed by atoms with Gasteiger partial charge in [0.05, 0.1) is 0 Å². The zero-order valence-corrected chi connectivity index (χ0v) is 26.0. The van der Waals surface area contributed by atoms with E-state index in [4.69, 9.17) is 0 Å². The zero-order chi connectivity index (χ0) is 30.1.